The van der Waals surface area contributed by atoms with Gasteiger partial charge in [-0.05, 0) is 66.4 Å². The Bertz CT molecular complexity index is 1320. The second-order valence-electron chi connectivity index (χ2n) is 8.45. The molecule has 0 unspecified atom stereocenters. The van der Waals surface area contributed by atoms with Gasteiger partial charge in [-0.25, -0.2) is 4.79 Å². The molecular weight excluding hydrogens is 410 g/mol. The lowest BCUT2D eigenvalue weighted by Crippen LogP contribution is -2.38. The van der Waals surface area contributed by atoms with Crippen LogP contribution < -0.4 is 10.1 Å². The Kier molecular flexibility index (Phi) is 5.38. The highest BCUT2D eigenvalue weighted by Gasteiger charge is 2.33. The number of nitrogens with zero attached hydrogens (tertiary/aromatic N) is 2. The molecule has 4 aromatic rings. The molecule has 0 spiro atoms. The van der Waals surface area contributed by atoms with Crippen molar-refractivity contribution in [1.82, 2.24) is 9.47 Å². The van der Waals surface area contributed by atoms with Gasteiger partial charge in [-0.1, -0.05) is 48.5 Å². The maximum Gasteiger partial charge on any atom is 0.323 e. The molecule has 0 bridgehead atoms. The van der Waals surface area contributed by atoms with Crippen molar-refractivity contribution in [3.8, 4) is 11.4 Å². The van der Waals surface area contributed by atoms with E-state index in [0.717, 1.165) is 33.6 Å². The number of aromatic nitrogens is 1. The van der Waals surface area contributed by atoms with Gasteiger partial charge in [0.2, 0.25) is 0 Å². The molecule has 0 fully saturated rings. The second kappa shape index (κ2) is 8.51. The predicted molar refractivity (Wildman–Crippen MR) is 131 cm³/mol. The number of aryl methyl sites for hydroxylation is 2. The maximum absolute atomic E-state index is 13.9. The van der Waals surface area contributed by atoms with Crippen LogP contribution in [0.1, 0.15) is 34.0 Å². The van der Waals surface area contributed by atoms with Crippen LogP contribution in [0.5, 0.6) is 5.75 Å². The van der Waals surface area contributed by atoms with Crippen LogP contribution in [0, 0.1) is 13.8 Å². The summed E-state index contributed by atoms with van der Waals surface area (Å²) in [5.74, 6) is 0.639. The standard InChI is InChI=1S/C28H27N3O2/c1-19-14-15-26(33-3)23(17-19)29-28(32)31-18-21-10-5-7-12-24(21)30-16-8-13-25(30)27(31)22-11-6-4-9-20(22)2/h4-17,27H,18H2,1-3H3,(H,29,32)/t27-/m0/s1. The summed E-state index contributed by atoms with van der Waals surface area (Å²) in [5, 5.41) is 3.13. The van der Waals surface area contributed by atoms with Gasteiger partial charge in [0, 0.05) is 11.9 Å². The number of carbonyl (C=O) groups is 1. The van der Waals surface area contributed by atoms with Crippen LogP contribution in [0.3, 0.4) is 0 Å². The van der Waals surface area contributed by atoms with Crippen LogP contribution in [0.25, 0.3) is 5.69 Å². The van der Waals surface area contributed by atoms with E-state index in [1.54, 1.807) is 7.11 Å². The zero-order chi connectivity index (χ0) is 22.9. The third-order valence-electron chi connectivity index (χ3n) is 6.30. The lowest BCUT2D eigenvalue weighted by molar-refractivity contribution is 0.194. The van der Waals surface area contributed by atoms with E-state index in [4.69, 9.17) is 4.74 Å². The number of hydrogen-bond donors (Lipinski definition) is 1. The minimum Gasteiger partial charge on any atom is -0.495 e. The molecular formula is C28H27N3O2. The van der Waals surface area contributed by atoms with Gasteiger partial charge in [0.05, 0.1) is 25.0 Å². The average molecular weight is 438 g/mol. The fourth-order valence-corrected chi connectivity index (χ4v) is 4.67. The van der Waals surface area contributed by atoms with Crippen LogP contribution >= 0.6 is 0 Å². The Labute approximate surface area is 194 Å². The molecule has 0 aliphatic carbocycles. The molecule has 0 saturated heterocycles. The van der Waals surface area contributed by atoms with Gasteiger partial charge >= 0.3 is 6.03 Å². The lowest BCUT2D eigenvalue weighted by atomic mass is 9.97. The van der Waals surface area contributed by atoms with Crippen LogP contribution in [0.15, 0.2) is 85.1 Å². The number of ether oxygens (including phenoxy) is 1. The molecule has 166 valence electrons. The third-order valence-corrected chi connectivity index (χ3v) is 6.30. The molecule has 1 atom stereocenters. The van der Waals surface area contributed by atoms with Gasteiger partial charge in [-0.15, -0.1) is 0 Å². The molecule has 5 heteroatoms. The number of rotatable bonds is 3. The number of hydrogen-bond acceptors (Lipinski definition) is 2. The normalized spacial score (nSPS) is 14.8. The van der Waals surface area contributed by atoms with Crippen LogP contribution in [0.2, 0.25) is 0 Å². The number of nitrogens with one attached hydrogen (secondary N) is 1. The van der Waals surface area contributed by atoms with Gasteiger partial charge in [0.25, 0.3) is 0 Å². The topological polar surface area (TPSA) is 46.5 Å². The number of methoxy groups -OCH3 is 1. The van der Waals surface area contributed by atoms with Crippen molar-refractivity contribution in [2.75, 3.05) is 12.4 Å². The van der Waals surface area contributed by atoms with E-state index < -0.39 is 0 Å². The quantitative estimate of drug-likeness (QED) is 0.412. The van der Waals surface area contributed by atoms with Crippen molar-refractivity contribution < 1.29 is 9.53 Å². The minimum atomic E-state index is -0.246. The molecule has 5 nitrogen and oxygen atoms in total. The number of para-hydroxylation sites is 1. The molecule has 1 aromatic heterocycles. The molecule has 2 amide bonds. The average Bonchev–Trinajstić information content (AvgIpc) is 3.24. The van der Waals surface area contributed by atoms with Gasteiger partial charge in [0.1, 0.15) is 11.8 Å². The lowest BCUT2D eigenvalue weighted by Gasteiger charge is -2.32. The van der Waals surface area contributed by atoms with E-state index in [1.165, 1.54) is 0 Å². The highest BCUT2D eigenvalue weighted by atomic mass is 16.5. The summed E-state index contributed by atoms with van der Waals surface area (Å²) in [5.41, 5.74) is 7.22. The summed E-state index contributed by atoms with van der Waals surface area (Å²) >= 11 is 0. The number of anilines is 1. The summed E-state index contributed by atoms with van der Waals surface area (Å²) in [6.45, 7) is 4.58. The fraction of sp³-hybridized carbons (Fsp3) is 0.179. The van der Waals surface area contributed by atoms with Crippen LogP contribution in [-0.2, 0) is 6.54 Å². The summed E-state index contributed by atoms with van der Waals surface area (Å²) < 4.78 is 7.71. The molecule has 33 heavy (non-hydrogen) atoms. The first kappa shape index (κ1) is 20.9. The number of benzene rings is 3. The Balaban J connectivity index is 1.65. The van der Waals surface area contributed by atoms with Crippen molar-refractivity contribution >= 4 is 11.7 Å². The molecule has 0 saturated carbocycles. The van der Waals surface area contributed by atoms with Gasteiger partial charge < -0.3 is 19.5 Å². The van der Waals surface area contributed by atoms with Gasteiger partial charge in [-0.3, -0.25) is 0 Å². The van der Waals surface area contributed by atoms with E-state index in [-0.39, 0.29) is 12.1 Å². The highest BCUT2D eigenvalue weighted by molar-refractivity contribution is 5.92. The Morgan fingerprint density at radius 2 is 1.76 bits per heavy atom. The van der Waals surface area contributed by atoms with Crippen LogP contribution in [-0.4, -0.2) is 22.6 Å². The molecule has 3 aromatic carbocycles. The summed E-state index contributed by atoms with van der Waals surface area (Å²) in [6.07, 6.45) is 2.07. The van der Waals surface area contributed by atoms with E-state index in [2.05, 4.69) is 53.3 Å². The number of fused-ring (bicyclic) bond motifs is 3. The highest BCUT2D eigenvalue weighted by Crippen LogP contribution is 2.38. The molecule has 0 radical (unpaired) electrons. The first-order chi connectivity index (χ1) is 16.1. The van der Waals surface area contributed by atoms with E-state index in [9.17, 15) is 4.79 Å². The Morgan fingerprint density at radius 1 is 0.970 bits per heavy atom. The van der Waals surface area contributed by atoms with E-state index in [1.807, 2.05) is 60.4 Å². The second-order valence-corrected chi connectivity index (χ2v) is 8.45. The fourth-order valence-electron chi connectivity index (χ4n) is 4.67. The molecule has 1 aliphatic heterocycles. The summed E-state index contributed by atoms with van der Waals surface area (Å²) in [7, 11) is 1.62. The maximum atomic E-state index is 13.9. The van der Waals surface area contributed by atoms with Crippen molar-refractivity contribution in [3.63, 3.8) is 0 Å². The zero-order valence-corrected chi connectivity index (χ0v) is 19.1. The summed E-state index contributed by atoms with van der Waals surface area (Å²) in [4.78, 5) is 15.8. The number of carbonyl (C=O) groups excluding carboxylic acids is 1. The zero-order valence-electron chi connectivity index (χ0n) is 19.1. The molecule has 2 heterocycles. The van der Waals surface area contributed by atoms with Crippen molar-refractivity contribution in [1.29, 1.82) is 0 Å². The smallest absolute Gasteiger partial charge is 0.323 e. The predicted octanol–water partition coefficient (Wildman–Crippen LogP) is 6.24. The van der Waals surface area contributed by atoms with Crippen molar-refractivity contribution in [2.24, 2.45) is 0 Å². The SMILES string of the molecule is COc1ccc(C)cc1NC(=O)N1Cc2ccccc2-n2cccc2[C@@H]1c1ccccc1C. The Hall–Kier alpha value is -3.99. The first-order valence-electron chi connectivity index (χ1n) is 11.1. The van der Waals surface area contributed by atoms with Crippen LogP contribution in [0.4, 0.5) is 10.5 Å². The monoisotopic (exact) mass is 437 g/mol. The molecule has 1 aliphatic rings. The number of urea groups is 1. The molecule has 1 N–H and O–H groups in total. The van der Waals surface area contributed by atoms with E-state index >= 15 is 0 Å². The molecule has 5 rings (SSSR count). The van der Waals surface area contributed by atoms with Gasteiger partial charge in [-0.2, -0.15) is 0 Å². The van der Waals surface area contributed by atoms with Gasteiger partial charge in [0.15, 0.2) is 0 Å². The minimum absolute atomic E-state index is 0.170. The number of amides is 2. The first-order valence-corrected chi connectivity index (χ1v) is 11.1. The largest absolute Gasteiger partial charge is 0.495 e. The van der Waals surface area contributed by atoms with E-state index in [0.29, 0.717) is 18.0 Å². The van der Waals surface area contributed by atoms with Crippen molar-refractivity contribution in [3.05, 3.63) is 113 Å². The summed E-state index contributed by atoms with van der Waals surface area (Å²) in [6, 6.07) is 26.1. The van der Waals surface area contributed by atoms with Crippen molar-refractivity contribution in [2.45, 2.75) is 26.4 Å². The Morgan fingerprint density at radius 3 is 2.58 bits per heavy atom. The third kappa shape index (κ3) is 3.76.